The smallest absolute Gasteiger partial charge is 0.254 e. The van der Waals surface area contributed by atoms with Crippen LogP contribution in [0.25, 0.3) is 0 Å². The van der Waals surface area contributed by atoms with E-state index in [9.17, 15) is 4.79 Å². The summed E-state index contributed by atoms with van der Waals surface area (Å²) in [4.78, 5) is 18.9. The molecule has 0 aliphatic carbocycles. The summed E-state index contributed by atoms with van der Waals surface area (Å²) in [6.07, 6.45) is 4.28. The van der Waals surface area contributed by atoms with E-state index in [4.69, 9.17) is 4.42 Å². The summed E-state index contributed by atoms with van der Waals surface area (Å²) in [5.74, 6) is 0.796. The number of fused-ring (bicyclic) bond motifs is 1. The van der Waals surface area contributed by atoms with Crippen LogP contribution in [0.3, 0.4) is 0 Å². The van der Waals surface area contributed by atoms with Gasteiger partial charge in [0.05, 0.1) is 5.56 Å². The van der Waals surface area contributed by atoms with Crippen LogP contribution in [0.1, 0.15) is 27.0 Å². The first-order chi connectivity index (χ1) is 12.7. The van der Waals surface area contributed by atoms with Gasteiger partial charge in [0.25, 0.3) is 5.91 Å². The van der Waals surface area contributed by atoms with Gasteiger partial charge in [-0.1, -0.05) is 30.3 Å². The Balaban J connectivity index is 1.37. The standard InChI is InChI=1S/C20H18BrN3O2/c21-18-9-17(13-26-18)20(25)23-11-14-5-6-19(22-10-14)24-8-7-15-3-1-2-4-16(15)12-24/h1-6,9-10,13H,7-8,11-12H2,(H,23,25). The molecular weight excluding hydrogens is 394 g/mol. The number of hydrogen-bond acceptors (Lipinski definition) is 4. The molecule has 6 heteroatoms. The van der Waals surface area contributed by atoms with Crippen molar-refractivity contribution in [1.29, 1.82) is 0 Å². The maximum Gasteiger partial charge on any atom is 0.254 e. The molecule has 0 fully saturated rings. The number of nitrogens with one attached hydrogen (secondary N) is 1. The first-order valence-electron chi connectivity index (χ1n) is 8.48. The number of furan rings is 1. The second kappa shape index (κ2) is 7.33. The maximum atomic E-state index is 12.0. The van der Waals surface area contributed by atoms with Crippen molar-refractivity contribution in [3.8, 4) is 0 Å². The number of anilines is 1. The number of halogens is 1. The minimum atomic E-state index is -0.170. The van der Waals surface area contributed by atoms with Gasteiger partial charge in [-0.15, -0.1) is 0 Å². The molecule has 5 nitrogen and oxygen atoms in total. The molecule has 0 saturated carbocycles. The first kappa shape index (κ1) is 16.8. The van der Waals surface area contributed by atoms with Crippen LogP contribution < -0.4 is 10.2 Å². The summed E-state index contributed by atoms with van der Waals surface area (Å²) in [7, 11) is 0. The zero-order valence-corrected chi connectivity index (χ0v) is 15.7. The maximum absolute atomic E-state index is 12.0. The molecule has 0 saturated heterocycles. The summed E-state index contributed by atoms with van der Waals surface area (Å²) in [5.41, 5.74) is 4.24. The number of benzene rings is 1. The SMILES string of the molecule is O=C(NCc1ccc(N2CCc3ccccc3C2)nc1)c1coc(Br)c1. The lowest BCUT2D eigenvalue weighted by molar-refractivity contribution is 0.0950. The number of rotatable bonds is 4. The lowest BCUT2D eigenvalue weighted by Gasteiger charge is -2.29. The summed E-state index contributed by atoms with van der Waals surface area (Å²) in [6.45, 7) is 2.28. The van der Waals surface area contributed by atoms with E-state index < -0.39 is 0 Å². The third-order valence-electron chi connectivity index (χ3n) is 4.55. The molecule has 3 heterocycles. The van der Waals surface area contributed by atoms with E-state index >= 15 is 0 Å². The Morgan fingerprint density at radius 1 is 1.23 bits per heavy atom. The van der Waals surface area contributed by atoms with Crippen LogP contribution in [0, 0.1) is 0 Å². The molecule has 3 aromatic rings. The molecule has 0 unspecified atom stereocenters. The Kier molecular flexibility index (Phi) is 4.75. The molecule has 1 aliphatic heterocycles. The van der Waals surface area contributed by atoms with Crippen LogP contribution in [-0.4, -0.2) is 17.4 Å². The zero-order chi connectivity index (χ0) is 17.9. The lowest BCUT2D eigenvalue weighted by atomic mass is 10.00. The van der Waals surface area contributed by atoms with E-state index in [0.717, 1.165) is 30.9 Å². The Morgan fingerprint density at radius 3 is 2.81 bits per heavy atom. The number of aromatic nitrogens is 1. The van der Waals surface area contributed by atoms with Gasteiger partial charge in [0, 0.05) is 31.9 Å². The third-order valence-corrected chi connectivity index (χ3v) is 4.96. The third kappa shape index (κ3) is 3.65. The highest BCUT2D eigenvalue weighted by molar-refractivity contribution is 9.10. The average molecular weight is 412 g/mol. The lowest BCUT2D eigenvalue weighted by Crippen LogP contribution is -2.31. The van der Waals surface area contributed by atoms with E-state index in [2.05, 4.69) is 55.4 Å². The second-order valence-electron chi connectivity index (χ2n) is 6.29. The largest absolute Gasteiger partial charge is 0.457 e. The molecule has 132 valence electrons. The van der Waals surface area contributed by atoms with Gasteiger partial charge in [0.15, 0.2) is 4.67 Å². The number of amides is 1. The molecule has 1 amide bonds. The monoisotopic (exact) mass is 411 g/mol. The van der Waals surface area contributed by atoms with E-state index in [1.54, 1.807) is 6.07 Å². The fourth-order valence-corrected chi connectivity index (χ4v) is 3.45. The predicted octanol–water partition coefficient (Wildman–Crippen LogP) is 3.93. The Morgan fingerprint density at radius 2 is 2.08 bits per heavy atom. The molecule has 4 rings (SSSR count). The number of nitrogens with zero attached hydrogens (tertiary/aromatic N) is 2. The van der Waals surface area contributed by atoms with Gasteiger partial charge in [-0.25, -0.2) is 4.98 Å². The van der Waals surface area contributed by atoms with Gasteiger partial charge in [0.1, 0.15) is 12.1 Å². The Hall–Kier alpha value is -2.60. The summed E-state index contributed by atoms with van der Waals surface area (Å²) >= 11 is 3.19. The molecule has 0 bridgehead atoms. The van der Waals surface area contributed by atoms with Crippen molar-refractivity contribution in [2.45, 2.75) is 19.5 Å². The minimum absolute atomic E-state index is 0.170. The first-order valence-corrected chi connectivity index (χ1v) is 9.27. The fourth-order valence-electron chi connectivity index (χ4n) is 3.11. The van der Waals surface area contributed by atoms with Gasteiger partial charge < -0.3 is 14.6 Å². The summed E-state index contributed by atoms with van der Waals surface area (Å²) < 4.78 is 5.62. The van der Waals surface area contributed by atoms with Crippen molar-refractivity contribution >= 4 is 27.7 Å². The van der Waals surface area contributed by atoms with E-state index in [1.807, 2.05) is 18.3 Å². The Labute approximate surface area is 160 Å². The fraction of sp³-hybridized carbons (Fsp3) is 0.200. The molecule has 0 atom stereocenters. The number of carbonyl (C=O) groups excluding carboxylic acids is 1. The molecule has 1 N–H and O–H groups in total. The van der Waals surface area contributed by atoms with Gasteiger partial charge in [0.2, 0.25) is 0 Å². The molecule has 1 aliphatic rings. The van der Waals surface area contributed by atoms with Crippen LogP contribution >= 0.6 is 15.9 Å². The van der Waals surface area contributed by atoms with Crippen molar-refractivity contribution < 1.29 is 9.21 Å². The van der Waals surface area contributed by atoms with Crippen molar-refractivity contribution in [2.75, 3.05) is 11.4 Å². The predicted molar refractivity (Wildman–Crippen MR) is 103 cm³/mol. The van der Waals surface area contributed by atoms with Crippen LogP contribution in [0.5, 0.6) is 0 Å². The van der Waals surface area contributed by atoms with Crippen LogP contribution in [-0.2, 0) is 19.5 Å². The van der Waals surface area contributed by atoms with Crippen molar-refractivity contribution in [1.82, 2.24) is 10.3 Å². The highest BCUT2D eigenvalue weighted by atomic mass is 79.9. The molecule has 0 radical (unpaired) electrons. The quantitative estimate of drug-likeness (QED) is 0.706. The van der Waals surface area contributed by atoms with E-state index in [-0.39, 0.29) is 5.91 Å². The molecule has 1 aromatic carbocycles. The van der Waals surface area contributed by atoms with Gasteiger partial charge >= 0.3 is 0 Å². The molecule has 0 spiro atoms. The molecule has 26 heavy (non-hydrogen) atoms. The number of pyridine rings is 1. The van der Waals surface area contributed by atoms with Crippen LogP contribution in [0.4, 0.5) is 5.82 Å². The number of carbonyl (C=O) groups is 1. The average Bonchev–Trinajstić information content (AvgIpc) is 3.12. The Bertz CT molecular complexity index is 921. The van der Waals surface area contributed by atoms with Gasteiger partial charge in [-0.3, -0.25) is 4.79 Å². The second-order valence-corrected chi connectivity index (χ2v) is 7.07. The van der Waals surface area contributed by atoms with Crippen LogP contribution in [0.15, 0.2) is 64.0 Å². The van der Waals surface area contributed by atoms with Crippen molar-refractivity contribution in [2.24, 2.45) is 0 Å². The zero-order valence-electron chi connectivity index (χ0n) is 14.1. The number of hydrogen-bond donors (Lipinski definition) is 1. The topological polar surface area (TPSA) is 58.4 Å². The van der Waals surface area contributed by atoms with Crippen molar-refractivity contribution in [3.05, 3.63) is 81.8 Å². The highest BCUT2D eigenvalue weighted by Gasteiger charge is 2.17. The minimum Gasteiger partial charge on any atom is -0.457 e. The molecular formula is C20H18BrN3O2. The van der Waals surface area contributed by atoms with Crippen LogP contribution in [0.2, 0.25) is 0 Å². The summed E-state index contributed by atoms with van der Waals surface area (Å²) in [5, 5.41) is 2.87. The van der Waals surface area contributed by atoms with E-state index in [0.29, 0.717) is 16.8 Å². The normalized spacial score (nSPS) is 13.3. The molecule has 2 aromatic heterocycles. The van der Waals surface area contributed by atoms with Crippen molar-refractivity contribution in [3.63, 3.8) is 0 Å². The van der Waals surface area contributed by atoms with E-state index in [1.165, 1.54) is 17.4 Å². The summed E-state index contributed by atoms with van der Waals surface area (Å²) in [6, 6.07) is 14.2. The highest BCUT2D eigenvalue weighted by Crippen LogP contribution is 2.23. The van der Waals surface area contributed by atoms with Gasteiger partial charge in [-0.2, -0.15) is 0 Å². The van der Waals surface area contributed by atoms with Gasteiger partial charge in [-0.05, 0) is 45.1 Å².